The van der Waals surface area contributed by atoms with Crippen molar-refractivity contribution in [3.63, 3.8) is 0 Å². The number of hydrogen-bond donors (Lipinski definition) is 4. The van der Waals surface area contributed by atoms with Crippen LogP contribution in [0.4, 0.5) is 0 Å². The third kappa shape index (κ3) is 21.9. The number of nitrogens with one attached hydrogen (secondary N) is 2. The van der Waals surface area contributed by atoms with E-state index in [2.05, 4.69) is 10.6 Å². The maximum atomic E-state index is 11.8. The van der Waals surface area contributed by atoms with Gasteiger partial charge in [0.2, 0.25) is 11.8 Å². The standard InChI is InChI=1S/C22H46N4O6/c1-2-12-29-15-8-21(27)25-10-5-13-30-16-18-32-19-17-31-14-6-11-26-22(28)20(24)7-3-4-9-23/h20H,2-19,23-24H2,1H3,(H,25,27)(H,26,28)/t20-/m0/s1. The lowest BCUT2D eigenvalue weighted by Crippen LogP contribution is -2.41. The van der Waals surface area contributed by atoms with Crippen LogP contribution in [0.5, 0.6) is 0 Å². The van der Waals surface area contributed by atoms with Crippen molar-refractivity contribution < 1.29 is 28.5 Å². The average Bonchev–Trinajstić information content (AvgIpc) is 2.79. The lowest BCUT2D eigenvalue weighted by Gasteiger charge is -2.12. The van der Waals surface area contributed by atoms with Crippen molar-refractivity contribution in [2.75, 3.05) is 72.5 Å². The number of ether oxygens (including phenoxy) is 4. The molecule has 0 saturated carbocycles. The highest BCUT2D eigenvalue weighted by atomic mass is 16.5. The molecule has 0 aromatic rings. The first-order valence-corrected chi connectivity index (χ1v) is 11.9. The quantitative estimate of drug-likeness (QED) is 0.150. The highest BCUT2D eigenvalue weighted by Gasteiger charge is 2.11. The molecule has 1 atom stereocenters. The van der Waals surface area contributed by atoms with E-state index in [1.807, 2.05) is 6.92 Å². The molecule has 0 rings (SSSR count). The summed E-state index contributed by atoms with van der Waals surface area (Å²) in [5, 5.41) is 5.66. The molecule has 2 amide bonds. The summed E-state index contributed by atoms with van der Waals surface area (Å²) < 4.78 is 21.6. The van der Waals surface area contributed by atoms with Gasteiger partial charge < -0.3 is 41.0 Å². The second-order valence-corrected chi connectivity index (χ2v) is 7.44. The Morgan fingerprint density at radius 2 is 1.31 bits per heavy atom. The van der Waals surface area contributed by atoms with E-state index in [1.165, 1.54) is 0 Å². The van der Waals surface area contributed by atoms with Gasteiger partial charge in [0.1, 0.15) is 0 Å². The summed E-state index contributed by atoms with van der Waals surface area (Å²) in [7, 11) is 0. The summed E-state index contributed by atoms with van der Waals surface area (Å²) in [6.45, 7) is 8.12. The fourth-order valence-corrected chi connectivity index (χ4v) is 2.60. The van der Waals surface area contributed by atoms with Gasteiger partial charge in [-0.15, -0.1) is 0 Å². The number of nitrogens with two attached hydrogens (primary N) is 2. The molecule has 10 heteroatoms. The molecule has 6 N–H and O–H groups in total. The first-order chi connectivity index (χ1) is 15.6. The molecular formula is C22H46N4O6. The van der Waals surface area contributed by atoms with Gasteiger partial charge in [-0.1, -0.05) is 13.3 Å². The number of carbonyl (C=O) groups excluding carboxylic acids is 2. The number of rotatable bonds is 24. The van der Waals surface area contributed by atoms with Gasteiger partial charge >= 0.3 is 0 Å². The lowest BCUT2D eigenvalue weighted by atomic mass is 10.1. The smallest absolute Gasteiger partial charge is 0.236 e. The Bertz CT molecular complexity index is 443. The molecule has 0 aromatic carbocycles. The fourth-order valence-electron chi connectivity index (χ4n) is 2.60. The highest BCUT2D eigenvalue weighted by Crippen LogP contribution is 1.98. The predicted molar refractivity (Wildman–Crippen MR) is 124 cm³/mol. The molecule has 0 aliphatic rings. The van der Waals surface area contributed by atoms with Gasteiger partial charge in [0, 0.05) is 39.3 Å². The monoisotopic (exact) mass is 462 g/mol. The molecule has 0 aliphatic carbocycles. The summed E-state index contributed by atoms with van der Waals surface area (Å²) in [5.41, 5.74) is 11.2. The molecule has 0 bridgehead atoms. The Balaban J connectivity index is 3.25. The Labute approximate surface area is 193 Å². The van der Waals surface area contributed by atoms with E-state index in [4.69, 9.17) is 30.4 Å². The van der Waals surface area contributed by atoms with Gasteiger partial charge in [-0.05, 0) is 38.6 Å². The van der Waals surface area contributed by atoms with Gasteiger partial charge in [-0.25, -0.2) is 0 Å². The van der Waals surface area contributed by atoms with Crippen LogP contribution in [0.25, 0.3) is 0 Å². The molecule has 0 heterocycles. The van der Waals surface area contributed by atoms with Gasteiger partial charge in [0.15, 0.2) is 0 Å². The van der Waals surface area contributed by atoms with E-state index >= 15 is 0 Å². The van der Waals surface area contributed by atoms with Crippen LogP contribution in [0.3, 0.4) is 0 Å². The average molecular weight is 463 g/mol. The summed E-state index contributed by atoms with van der Waals surface area (Å²) in [6, 6.07) is -0.465. The highest BCUT2D eigenvalue weighted by molar-refractivity contribution is 5.81. The molecule has 190 valence electrons. The van der Waals surface area contributed by atoms with Gasteiger partial charge in [-0.2, -0.15) is 0 Å². The van der Waals surface area contributed by atoms with Crippen molar-refractivity contribution in [2.45, 2.75) is 57.9 Å². The number of hydrogen-bond acceptors (Lipinski definition) is 8. The summed E-state index contributed by atoms with van der Waals surface area (Å²) in [5.74, 6) is -0.113. The van der Waals surface area contributed by atoms with Crippen LogP contribution >= 0.6 is 0 Å². The molecule has 0 fully saturated rings. The predicted octanol–water partition coefficient (Wildman–Crippen LogP) is 0.322. The minimum absolute atomic E-state index is 0.00807. The molecule has 10 nitrogen and oxygen atoms in total. The molecule has 0 unspecified atom stereocenters. The van der Waals surface area contributed by atoms with Crippen LogP contribution in [0.2, 0.25) is 0 Å². The van der Waals surface area contributed by atoms with Crippen LogP contribution in [-0.2, 0) is 28.5 Å². The van der Waals surface area contributed by atoms with E-state index in [1.54, 1.807) is 0 Å². The minimum atomic E-state index is -0.465. The molecule has 0 spiro atoms. The third-order valence-corrected chi connectivity index (χ3v) is 4.42. The summed E-state index contributed by atoms with van der Waals surface area (Å²) >= 11 is 0. The SMILES string of the molecule is CCCOCCC(=O)NCCCOCCOCCOCCCNC(=O)[C@@H](N)CCCCN. The van der Waals surface area contributed by atoms with Crippen LogP contribution in [0.1, 0.15) is 51.9 Å². The first-order valence-electron chi connectivity index (χ1n) is 11.9. The second-order valence-electron chi connectivity index (χ2n) is 7.44. The van der Waals surface area contributed by atoms with Crippen LogP contribution in [0.15, 0.2) is 0 Å². The lowest BCUT2D eigenvalue weighted by molar-refractivity contribution is -0.123. The van der Waals surface area contributed by atoms with Gasteiger partial charge in [-0.3, -0.25) is 9.59 Å². The number of amides is 2. The topological polar surface area (TPSA) is 147 Å². The first kappa shape index (κ1) is 30.7. The van der Waals surface area contributed by atoms with E-state index in [0.29, 0.717) is 85.3 Å². The zero-order chi connectivity index (χ0) is 23.7. The Morgan fingerprint density at radius 1 is 0.750 bits per heavy atom. The minimum Gasteiger partial charge on any atom is -0.381 e. The third-order valence-electron chi connectivity index (χ3n) is 4.42. The van der Waals surface area contributed by atoms with Crippen molar-refractivity contribution >= 4 is 11.8 Å². The fraction of sp³-hybridized carbons (Fsp3) is 0.909. The number of unbranched alkanes of at least 4 members (excludes halogenated alkanes) is 1. The largest absolute Gasteiger partial charge is 0.381 e. The zero-order valence-electron chi connectivity index (χ0n) is 19.9. The van der Waals surface area contributed by atoms with E-state index in [-0.39, 0.29) is 11.8 Å². The van der Waals surface area contributed by atoms with Crippen LogP contribution in [0, 0.1) is 0 Å². The normalized spacial score (nSPS) is 12.0. The van der Waals surface area contributed by atoms with E-state index in [0.717, 1.165) is 32.1 Å². The van der Waals surface area contributed by atoms with Crippen molar-refractivity contribution in [1.82, 2.24) is 10.6 Å². The van der Waals surface area contributed by atoms with Crippen molar-refractivity contribution in [1.29, 1.82) is 0 Å². The van der Waals surface area contributed by atoms with Crippen LogP contribution < -0.4 is 22.1 Å². The second kappa shape index (κ2) is 24.3. The van der Waals surface area contributed by atoms with Gasteiger partial charge in [0.25, 0.3) is 0 Å². The molecule has 0 aliphatic heterocycles. The van der Waals surface area contributed by atoms with E-state index < -0.39 is 6.04 Å². The Morgan fingerprint density at radius 3 is 1.91 bits per heavy atom. The van der Waals surface area contributed by atoms with Gasteiger partial charge in [0.05, 0.1) is 39.1 Å². The molecule has 0 aromatic heterocycles. The maximum Gasteiger partial charge on any atom is 0.236 e. The molecule has 32 heavy (non-hydrogen) atoms. The Kier molecular flexibility index (Phi) is 23.4. The zero-order valence-corrected chi connectivity index (χ0v) is 19.9. The molecule has 0 saturated heterocycles. The summed E-state index contributed by atoms with van der Waals surface area (Å²) in [4.78, 5) is 23.3. The van der Waals surface area contributed by atoms with Crippen molar-refractivity contribution in [3.8, 4) is 0 Å². The van der Waals surface area contributed by atoms with Crippen LogP contribution in [-0.4, -0.2) is 90.3 Å². The maximum absolute atomic E-state index is 11.8. The molecule has 0 radical (unpaired) electrons. The molecular weight excluding hydrogens is 416 g/mol. The van der Waals surface area contributed by atoms with Crippen molar-refractivity contribution in [2.24, 2.45) is 11.5 Å². The van der Waals surface area contributed by atoms with Crippen molar-refractivity contribution in [3.05, 3.63) is 0 Å². The number of carbonyl (C=O) groups is 2. The summed E-state index contributed by atoms with van der Waals surface area (Å²) in [6.07, 6.45) is 5.27. The Hall–Kier alpha value is -1.30. The van der Waals surface area contributed by atoms with E-state index in [9.17, 15) is 9.59 Å².